The first-order valence-corrected chi connectivity index (χ1v) is 5.36. The molecule has 0 aromatic heterocycles. The van der Waals surface area contributed by atoms with Crippen molar-refractivity contribution in [2.75, 3.05) is 13.1 Å². The van der Waals surface area contributed by atoms with E-state index in [0.717, 1.165) is 18.7 Å². The first kappa shape index (κ1) is 11.2. The fourth-order valence-electron chi connectivity index (χ4n) is 1.48. The molecule has 0 aliphatic heterocycles. The van der Waals surface area contributed by atoms with Crippen LogP contribution in [-0.2, 0) is 0 Å². The smallest absolute Gasteiger partial charge is 0.176 e. The second-order valence-corrected chi connectivity index (χ2v) is 4.13. The number of nitrogens with one attached hydrogen (secondary N) is 1. The van der Waals surface area contributed by atoms with Crippen molar-refractivity contribution in [1.82, 2.24) is 5.32 Å². The average Bonchev–Trinajstić information content (AvgIpc) is 3.06. The Morgan fingerprint density at radius 1 is 1.31 bits per heavy atom. The molecular formula is C12H13F2NO. The molecule has 0 spiro atoms. The van der Waals surface area contributed by atoms with E-state index in [-0.39, 0.29) is 17.9 Å². The van der Waals surface area contributed by atoms with Crippen LogP contribution in [0.2, 0.25) is 0 Å². The van der Waals surface area contributed by atoms with Gasteiger partial charge in [-0.3, -0.25) is 4.79 Å². The molecule has 0 unspecified atom stereocenters. The lowest BCUT2D eigenvalue weighted by molar-refractivity contribution is 0.0990. The number of carbonyl (C=O) groups is 1. The zero-order chi connectivity index (χ0) is 11.5. The molecule has 0 atom stereocenters. The molecule has 1 N–H and O–H groups in total. The number of benzene rings is 1. The van der Waals surface area contributed by atoms with Crippen molar-refractivity contribution in [1.29, 1.82) is 0 Å². The fraction of sp³-hybridized carbons (Fsp3) is 0.417. The van der Waals surface area contributed by atoms with Gasteiger partial charge < -0.3 is 5.32 Å². The highest BCUT2D eigenvalue weighted by Gasteiger charge is 2.20. The van der Waals surface area contributed by atoms with E-state index in [4.69, 9.17) is 0 Å². The number of rotatable bonds is 5. The van der Waals surface area contributed by atoms with Gasteiger partial charge in [-0.05, 0) is 43.5 Å². The molecule has 16 heavy (non-hydrogen) atoms. The quantitative estimate of drug-likeness (QED) is 0.778. The van der Waals surface area contributed by atoms with Crippen LogP contribution < -0.4 is 5.32 Å². The van der Waals surface area contributed by atoms with E-state index in [9.17, 15) is 13.6 Å². The van der Waals surface area contributed by atoms with Gasteiger partial charge in [-0.2, -0.15) is 0 Å². The van der Waals surface area contributed by atoms with Crippen molar-refractivity contribution in [3.05, 3.63) is 35.4 Å². The van der Waals surface area contributed by atoms with Gasteiger partial charge in [0.2, 0.25) is 0 Å². The SMILES string of the molecule is O=C(CNCC1CC1)c1ccc(F)c(F)c1. The maximum Gasteiger partial charge on any atom is 0.176 e. The van der Waals surface area contributed by atoms with E-state index in [0.29, 0.717) is 5.92 Å². The Kier molecular flexibility index (Phi) is 3.29. The van der Waals surface area contributed by atoms with Gasteiger partial charge in [0.1, 0.15) is 0 Å². The summed E-state index contributed by atoms with van der Waals surface area (Å²) in [7, 11) is 0. The number of halogens is 2. The van der Waals surface area contributed by atoms with Crippen LogP contribution >= 0.6 is 0 Å². The van der Waals surface area contributed by atoms with Crippen molar-refractivity contribution in [3.63, 3.8) is 0 Å². The first-order chi connectivity index (χ1) is 7.66. The third kappa shape index (κ3) is 2.85. The predicted molar refractivity (Wildman–Crippen MR) is 56.3 cm³/mol. The number of carbonyl (C=O) groups excluding carboxylic acids is 1. The normalized spacial score (nSPS) is 15.1. The maximum atomic E-state index is 12.9. The van der Waals surface area contributed by atoms with Crippen LogP contribution in [0, 0.1) is 17.6 Å². The predicted octanol–water partition coefficient (Wildman–Crippen LogP) is 2.15. The summed E-state index contributed by atoms with van der Waals surface area (Å²) < 4.78 is 25.5. The summed E-state index contributed by atoms with van der Waals surface area (Å²) in [6, 6.07) is 3.22. The van der Waals surface area contributed by atoms with Gasteiger partial charge in [0.15, 0.2) is 17.4 Å². The molecule has 2 rings (SSSR count). The second-order valence-electron chi connectivity index (χ2n) is 4.13. The van der Waals surface area contributed by atoms with Gasteiger partial charge in [0, 0.05) is 5.56 Å². The highest BCUT2D eigenvalue weighted by Crippen LogP contribution is 2.27. The van der Waals surface area contributed by atoms with Crippen molar-refractivity contribution >= 4 is 5.78 Å². The van der Waals surface area contributed by atoms with Gasteiger partial charge in [-0.25, -0.2) is 8.78 Å². The molecule has 1 saturated carbocycles. The lowest BCUT2D eigenvalue weighted by Crippen LogP contribution is -2.25. The Morgan fingerprint density at radius 2 is 2.06 bits per heavy atom. The summed E-state index contributed by atoms with van der Waals surface area (Å²) in [4.78, 5) is 11.6. The van der Waals surface area contributed by atoms with Gasteiger partial charge in [0.25, 0.3) is 0 Å². The maximum absolute atomic E-state index is 12.9. The van der Waals surface area contributed by atoms with Crippen LogP contribution in [0.4, 0.5) is 8.78 Å². The van der Waals surface area contributed by atoms with Crippen LogP contribution in [-0.4, -0.2) is 18.9 Å². The summed E-state index contributed by atoms with van der Waals surface area (Å²) in [5.74, 6) is -1.42. The molecule has 1 fully saturated rings. The van der Waals surface area contributed by atoms with Crippen LogP contribution in [0.5, 0.6) is 0 Å². The molecule has 1 aromatic rings. The van der Waals surface area contributed by atoms with Crippen molar-refractivity contribution in [2.24, 2.45) is 5.92 Å². The third-order valence-electron chi connectivity index (χ3n) is 2.66. The van der Waals surface area contributed by atoms with Gasteiger partial charge in [-0.1, -0.05) is 0 Å². The lowest BCUT2D eigenvalue weighted by atomic mass is 10.1. The summed E-state index contributed by atoms with van der Waals surface area (Å²) >= 11 is 0. The summed E-state index contributed by atoms with van der Waals surface area (Å²) in [5, 5.41) is 3.01. The number of ketones is 1. The topological polar surface area (TPSA) is 29.1 Å². The molecule has 1 aliphatic rings. The monoisotopic (exact) mass is 225 g/mol. The van der Waals surface area contributed by atoms with Crippen molar-refractivity contribution in [2.45, 2.75) is 12.8 Å². The van der Waals surface area contributed by atoms with Crippen LogP contribution in [0.3, 0.4) is 0 Å². The molecule has 86 valence electrons. The first-order valence-electron chi connectivity index (χ1n) is 5.36. The Bertz CT molecular complexity index is 402. The van der Waals surface area contributed by atoms with E-state index < -0.39 is 11.6 Å². The fourth-order valence-corrected chi connectivity index (χ4v) is 1.48. The molecule has 0 saturated heterocycles. The minimum absolute atomic E-state index is 0.182. The Hall–Kier alpha value is -1.29. The Morgan fingerprint density at radius 3 is 2.69 bits per heavy atom. The lowest BCUT2D eigenvalue weighted by Gasteiger charge is -2.03. The van der Waals surface area contributed by atoms with E-state index in [1.165, 1.54) is 18.9 Å². The molecule has 1 aromatic carbocycles. The minimum atomic E-state index is -0.979. The van der Waals surface area contributed by atoms with Gasteiger partial charge in [-0.15, -0.1) is 0 Å². The molecule has 4 heteroatoms. The third-order valence-corrected chi connectivity index (χ3v) is 2.66. The minimum Gasteiger partial charge on any atom is -0.309 e. The van der Waals surface area contributed by atoms with E-state index in [1.54, 1.807) is 0 Å². The van der Waals surface area contributed by atoms with Gasteiger partial charge >= 0.3 is 0 Å². The highest BCUT2D eigenvalue weighted by molar-refractivity contribution is 5.97. The zero-order valence-electron chi connectivity index (χ0n) is 8.80. The van der Waals surface area contributed by atoms with E-state index >= 15 is 0 Å². The standard InChI is InChI=1S/C12H13F2NO/c13-10-4-3-9(5-11(10)14)12(16)7-15-6-8-1-2-8/h3-5,8,15H,1-2,6-7H2. The molecule has 0 radical (unpaired) electrons. The Labute approximate surface area is 92.7 Å². The summed E-state index contributed by atoms with van der Waals surface area (Å²) in [6.07, 6.45) is 2.43. The molecule has 0 bridgehead atoms. The van der Waals surface area contributed by atoms with Crippen molar-refractivity contribution < 1.29 is 13.6 Å². The summed E-state index contributed by atoms with van der Waals surface area (Å²) in [5.41, 5.74) is 0.210. The van der Waals surface area contributed by atoms with Crippen LogP contribution in [0.15, 0.2) is 18.2 Å². The molecule has 1 aliphatic carbocycles. The molecule has 0 heterocycles. The second kappa shape index (κ2) is 4.70. The number of hydrogen-bond donors (Lipinski definition) is 1. The average molecular weight is 225 g/mol. The van der Waals surface area contributed by atoms with Gasteiger partial charge in [0.05, 0.1) is 6.54 Å². The number of hydrogen-bond acceptors (Lipinski definition) is 2. The Balaban J connectivity index is 1.88. The number of Topliss-reactive ketones (excluding diaryl/α,β-unsaturated/α-hetero) is 1. The molecule has 2 nitrogen and oxygen atoms in total. The van der Waals surface area contributed by atoms with Crippen LogP contribution in [0.25, 0.3) is 0 Å². The summed E-state index contributed by atoms with van der Waals surface area (Å²) in [6.45, 7) is 1.01. The largest absolute Gasteiger partial charge is 0.309 e. The van der Waals surface area contributed by atoms with E-state index in [2.05, 4.69) is 5.32 Å². The van der Waals surface area contributed by atoms with E-state index in [1.807, 2.05) is 0 Å². The highest BCUT2D eigenvalue weighted by atomic mass is 19.2. The molecule has 0 amide bonds. The van der Waals surface area contributed by atoms with Crippen LogP contribution in [0.1, 0.15) is 23.2 Å². The molecular weight excluding hydrogens is 212 g/mol. The zero-order valence-corrected chi connectivity index (χ0v) is 8.80. The van der Waals surface area contributed by atoms with Crippen molar-refractivity contribution in [3.8, 4) is 0 Å².